The Bertz CT molecular complexity index is 955. The summed E-state index contributed by atoms with van der Waals surface area (Å²) in [5.41, 5.74) is 10.1. The molecule has 0 aliphatic carbocycles. The molecule has 2 heteroatoms. The predicted molar refractivity (Wildman–Crippen MR) is 93.3 cm³/mol. The Hall–Kier alpha value is -2.61. The molecule has 1 aromatic heterocycles. The summed E-state index contributed by atoms with van der Waals surface area (Å²) in [6.07, 6.45) is 0. The Morgan fingerprint density at radius 3 is 2.55 bits per heavy atom. The Balaban J connectivity index is 2.03. The number of hydrogen-bond donors (Lipinski definition) is 2. The van der Waals surface area contributed by atoms with E-state index in [-0.39, 0.29) is 0 Å². The number of aromatic nitrogens is 1. The molecule has 0 radical (unpaired) electrons. The van der Waals surface area contributed by atoms with Crippen LogP contribution in [0, 0.1) is 6.92 Å². The van der Waals surface area contributed by atoms with Crippen LogP contribution in [0.15, 0.2) is 48.5 Å². The van der Waals surface area contributed by atoms with Crippen molar-refractivity contribution in [3.8, 4) is 0 Å². The number of nitrogens with one attached hydrogen (secondary N) is 2. The fraction of sp³-hybridized carbons (Fsp3) is 0.150. The van der Waals surface area contributed by atoms with Gasteiger partial charge in [-0.2, -0.15) is 0 Å². The van der Waals surface area contributed by atoms with E-state index in [0.717, 1.165) is 0 Å². The van der Waals surface area contributed by atoms with Crippen molar-refractivity contribution in [1.82, 2.24) is 4.98 Å². The summed E-state index contributed by atoms with van der Waals surface area (Å²) >= 11 is 0. The van der Waals surface area contributed by atoms with E-state index in [0.29, 0.717) is 0 Å². The van der Waals surface area contributed by atoms with Crippen molar-refractivity contribution < 1.29 is 4.99 Å². The summed E-state index contributed by atoms with van der Waals surface area (Å²) in [5.74, 6) is 0. The van der Waals surface area contributed by atoms with Crippen LogP contribution in [-0.2, 0) is 0 Å². The number of H-pyrrole nitrogens is 1. The molecule has 0 bridgehead atoms. The molecule has 3 aromatic rings. The van der Waals surface area contributed by atoms with Crippen molar-refractivity contribution in [2.24, 2.45) is 0 Å². The van der Waals surface area contributed by atoms with E-state index in [1.807, 2.05) is 0 Å². The molecule has 2 heterocycles. The Morgan fingerprint density at radius 2 is 1.68 bits per heavy atom. The van der Waals surface area contributed by atoms with Gasteiger partial charge in [-0.15, -0.1) is 0 Å². The van der Waals surface area contributed by atoms with E-state index in [4.69, 9.17) is 0 Å². The second-order valence-corrected chi connectivity index (χ2v) is 5.97. The van der Waals surface area contributed by atoms with Crippen LogP contribution < -0.4 is 4.99 Å². The lowest BCUT2D eigenvalue weighted by Crippen LogP contribution is -2.62. The highest BCUT2D eigenvalue weighted by atomic mass is 14.8. The second-order valence-electron chi connectivity index (χ2n) is 5.97. The summed E-state index contributed by atoms with van der Waals surface area (Å²) in [7, 11) is 0. The molecule has 0 amide bonds. The minimum atomic E-state index is 1.20. The monoisotopic (exact) mass is 287 g/mol. The highest BCUT2D eigenvalue weighted by molar-refractivity contribution is 6.30. The van der Waals surface area contributed by atoms with Gasteiger partial charge in [0, 0.05) is 35.2 Å². The van der Waals surface area contributed by atoms with E-state index in [2.05, 4.69) is 79.3 Å². The third kappa shape index (κ3) is 1.77. The lowest BCUT2D eigenvalue weighted by atomic mass is 9.92. The quantitative estimate of drug-likeness (QED) is 0.685. The molecule has 0 spiro atoms. The maximum atomic E-state index is 3.51. The zero-order valence-corrected chi connectivity index (χ0v) is 13.1. The summed E-state index contributed by atoms with van der Waals surface area (Å²) in [6.45, 7) is 6.54. The predicted octanol–water partition coefficient (Wildman–Crippen LogP) is 3.59. The minimum absolute atomic E-state index is 1.20. The first-order valence-electron chi connectivity index (χ1n) is 7.65. The number of aryl methyl sites for hydroxylation is 1. The zero-order chi connectivity index (χ0) is 15.3. The van der Waals surface area contributed by atoms with Crippen molar-refractivity contribution in [3.63, 3.8) is 0 Å². The van der Waals surface area contributed by atoms with E-state index < -0.39 is 0 Å². The Kier molecular flexibility index (Phi) is 2.80. The number of allylic oxidation sites excluding steroid dienone is 2. The van der Waals surface area contributed by atoms with Crippen molar-refractivity contribution in [2.75, 3.05) is 0 Å². The van der Waals surface area contributed by atoms with E-state index in [1.165, 1.54) is 50.3 Å². The molecule has 4 rings (SSSR count). The molecule has 0 saturated heterocycles. The first kappa shape index (κ1) is 13.1. The standard InChI is InChI=1S/C20H18N2/c1-12(19-13(2)21-17-10-6-4-8-15(17)19)20-14(3)22-18-11-7-5-9-16(18)20/h4-11,21H,1-3H3/p+1. The van der Waals surface area contributed by atoms with Gasteiger partial charge in [-0.3, -0.25) is 0 Å². The van der Waals surface area contributed by atoms with Gasteiger partial charge >= 0.3 is 0 Å². The van der Waals surface area contributed by atoms with Crippen LogP contribution >= 0.6 is 0 Å². The number of benzene rings is 2. The maximum Gasteiger partial charge on any atom is 0.211 e. The van der Waals surface area contributed by atoms with Gasteiger partial charge in [0.05, 0.1) is 11.1 Å². The van der Waals surface area contributed by atoms with E-state index in [1.54, 1.807) is 0 Å². The minimum Gasteiger partial charge on any atom is -0.358 e. The molecule has 2 nitrogen and oxygen atoms in total. The van der Waals surface area contributed by atoms with Crippen LogP contribution in [0.3, 0.4) is 0 Å². The Morgan fingerprint density at radius 1 is 0.955 bits per heavy atom. The molecule has 1 aliphatic rings. The van der Waals surface area contributed by atoms with Crippen LogP contribution in [0.25, 0.3) is 22.0 Å². The Labute approximate surface area is 130 Å². The third-order valence-electron chi connectivity index (χ3n) is 4.54. The maximum absolute atomic E-state index is 3.51. The normalized spacial score (nSPS) is 15.9. The number of para-hydroxylation sites is 2. The van der Waals surface area contributed by atoms with Crippen molar-refractivity contribution >= 4 is 33.4 Å². The number of fused-ring (bicyclic) bond motifs is 2. The molecule has 2 N–H and O–H groups in total. The van der Waals surface area contributed by atoms with Gasteiger partial charge < -0.3 is 4.98 Å². The van der Waals surface area contributed by atoms with Gasteiger partial charge in [-0.25, -0.2) is 4.99 Å². The molecule has 1 aliphatic heterocycles. The van der Waals surface area contributed by atoms with Crippen LogP contribution in [0.2, 0.25) is 0 Å². The molecular weight excluding hydrogens is 268 g/mol. The van der Waals surface area contributed by atoms with Gasteiger partial charge in [-0.1, -0.05) is 30.3 Å². The molecule has 0 atom stereocenters. The first-order valence-corrected chi connectivity index (χ1v) is 7.65. The summed E-state index contributed by atoms with van der Waals surface area (Å²) in [4.78, 5) is 7.01. The smallest absolute Gasteiger partial charge is 0.211 e. The fourth-order valence-electron chi connectivity index (χ4n) is 3.64. The number of aromatic amines is 1. The van der Waals surface area contributed by atoms with Crippen LogP contribution in [-0.4, -0.2) is 10.7 Å². The topological polar surface area (TPSA) is 29.8 Å². The molecule has 0 fully saturated rings. The largest absolute Gasteiger partial charge is 0.358 e. The van der Waals surface area contributed by atoms with E-state index in [9.17, 15) is 0 Å². The van der Waals surface area contributed by atoms with Crippen LogP contribution in [0.5, 0.6) is 0 Å². The lowest BCUT2D eigenvalue weighted by Gasteiger charge is -2.07. The zero-order valence-electron chi connectivity index (χ0n) is 13.1. The molecule has 22 heavy (non-hydrogen) atoms. The highest BCUT2D eigenvalue weighted by Crippen LogP contribution is 2.36. The summed E-state index contributed by atoms with van der Waals surface area (Å²) in [6, 6.07) is 17.0. The summed E-state index contributed by atoms with van der Waals surface area (Å²) in [5, 5.41) is 1.29. The van der Waals surface area contributed by atoms with Crippen molar-refractivity contribution in [2.45, 2.75) is 20.8 Å². The average molecular weight is 287 g/mol. The molecule has 0 saturated carbocycles. The van der Waals surface area contributed by atoms with Crippen molar-refractivity contribution in [3.05, 3.63) is 65.4 Å². The molecule has 0 unspecified atom stereocenters. The molecular formula is C20H19N2+. The third-order valence-corrected chi connectivity index (χ3v) is 4.54. The first-order chi connectivity index (χ1) is 10.7. The summed E-state index contributed by atoms with van der Waals surface area (Å²) < 4.78 is 0. The van der Waals surface area contributed by atoms with Gasteiger partial charge in [-0.05, 0) is 31.6 Å². The van der Waals surface area contributed by atoms with Gasteiger partial charge in [0.25, 0.3) is 0 Å². The molecule has 2 aromatic carbocycles. The SMILES string of the molecule is CC1=[NH+]c2ccccc2C1=C(C)c1c(C)[nH]c2ccccc12. The second kappa shape index (κ2) is 4.70. The number of rotatable bonds is 1. The lowest BCUT2D eigenvalue weighted by molar-refractivity contribution is -0.349. The average Bonchev–Trinajstić information content (AvgIpc) is 3.01. The number of hydrogen-bond acceptors (Lipinski definition) is 0. The van der Waals surface area contributed by atoms with Crippen LogP contribution in [0.4, 0.5) is 5.69 Å². The highest BCUT2D eigenvalue weighted by Gasteiger charge is 2.27. The van der Waals surface area contributed by atoms with Crippen molar-refractivity contribution in [1.29, 1.82) is 0 Å². The van der Waals surface area contributed by atoms with Gasteiger partial charge in [0.15, 0.2) is 5.71 Å². The van der Waals surface area contributed by atoms with Gasteiger partial charge in [0.2, 0.25) is 5.69 Å². The fourth-order valence-corrected chi connectivity index (χ4v) is 3.64. The van der Waals surface area contributed by atoms with Gasteiger partial charge in [0.1, 0.15) is 0 Å². The van der Waals surface area contributed by atoms with E-state index >= 15 is 0 Å². The molecule has 108 valence electrons. The van der Waals surface area contributed by atoms with Crippen LogP contribution in [0.1, 0.15) is 30.7 Å².